The van der Waals surface area contributed by atoms with Gasteiger partial charge in [-0.3, -0.25) is 4.79 Å². The van der Waals surface area contributed by atoms with Gasteiger partial charge in [-0.05, 0) is 30.2 Å². The molecule has 0 bridgehead atoms. The monoisotopic (exact) mass is 264 g/mol. The third kappa shape index (κ3) is 2.92. The zero-order valence-corrected chi connectivity index (χ0v) is 11.1. The molecule has 1 saturated heterocycles. The first-order valence-electron chi connectivity index (χ1n) is 6.08. The maximum atomic E-state index is 11.7. The first-order valence-corrected chi connectivity index (χ1v) is 6.45. The van der Waals surface area contributed by atoms with Crippen molar-refractivity contribution in [2.75, 3.05) is 6.54 Å². The maximum absolute atomic E-state index is 11.7. The van der Waals surface area contributed by atoms with Gasteiger partial charge in [0, 0.05) is 29.7 Å². The van der Waals surface area contributed by atoms with E-state index in [1.165, 1.54) is 0 Å². The fourth-order valence-corrected chi connectivity index (χ4v) is 2.22. The lowest BCUT2D eigenvalue weighted by molar-refractivity contribution is -0.128. The number of amides is 1. The normalized spacial score (nSPS) is 21.8. The molecule has 0 aromatic heterocycles. The predicted octanol–water partition coefficient (Wildman–Crippen LogP) is 2.72. The third-order valence-electron chi connectivity index (χ3n) is 3.21. The van der Waals surface area contributed by atoms with E-state index in [0.717, 1.165) is 18.5 Å². The van der Waals surface area contributed by atoms with Crippen LogP contribution in [0.5, 0.6) is 0 Å². The van der Waals surface area contributed by atoms with Crippen LogP contribution in [-0.4, -0.2) is 17.4 Å². The first kappa shape index (κ1) is 13.1. The minimum atomic E-state index is -0.243. The van der Waals surface area contributed by atoms with Gasteiger partial charge < -0.3 is 10.6 Å². The Morgan fingerprint density at radius 2 is 2.33 bits per heavy atom. The third-order valence-corrected chi connectivity index (χ3v) is 3.45. The van der Waals surface area contributed by atoms with Crippen molar-refractivity contribution in [3.63, 3.8) is 0 Å². The first-order chi connectivity index (χ1) is 8.58. The lowest BCUT2D eigenvalue weighted by Crippen LogP contribution is -2.21. The Kier molecular flexibility index (Phi) is 4.04. The Labute approximate surface area is 112 Å². The molecule has 1 aliphatic rings. The van der Waals surface area contributed by atoms with Crippen molar-refractivity contribution in [3.05, 3.63) is 47.1 Å². The quantitative estimate of drug-likeness (QED) is 0.912. The molecule has 0 saturated carbocycles. The zero-order chi connectivity index (χ0) is 13.1. The van der Waals surface area contributed by atoms with E-state index in [2.05, 4.69) is 0 Å². The number of rotatable bonds is 3. The standard InChI is InChI=1S/C14H17ClN2O/c1-10-5-7-17(14(10)18)8-6-13(16)11-3-2-4-12(15)9-11/h2-4,6,8-10,13H,5,7,16H2,1H3. The summed E-state index contributed by atoms with van der Waals surface area (Å²) in [5.41, 5.74) is 6.98. The molecular weight excluding hydrogens is 248 g/mol. The molecule has 1 aromatic carbocycles. The van der Waals surface area contributed by atoms with Gasteiger partial charge in [-0.15, -0.1) is 0 Å². The average Bonchev–Trinajstić information content (AvgIpc) is 2.67. The van der Waals surface area contributed by atoms with Gasteiger partial charge >= 0.3 is 0 Å². The average molecular weight is 265 g/mol. The van der Waals surface area contributed by atoms with Crippen molar-refractivity contribution >= 4 is 17.5 Å². The van der Waals surface area contributed by atoms with Gasteiger partial charge in [-0.1, -0.05) is 30.7 Å². The summed E-state index contributed by atoms with van der Waals surface area (Å²) in [6.07, 6.45) is 4.54. The Morgan fingerprint density at radius 3 is 2.94 bits per heavy atom. The predicted molar refractivity (Wildman–Crippen MR) is 73.0 cm³/mol. The molecule has 1 aromatic rings. The molecule has 18 heavy (non-hydrogen) atoms. The van der Waals surface area contributed by atoms with Crippen molar-refractivity contribution in [2.45, 2.75) is 19.4 Å². The highest BCUT2D eigenvalue weighted by molar-refractivity contribution is 6.30. The molecule has 4 heteroatoms. The number of carbonyl (C=O) groups is 1. The molecule has 1 aliphatic heterocycles. The largest absolute Gasteiger partial charge is 0.321 e. The van der Waals surface area contributed by atoms with Crippen LogP contribution < -0.4 is 5.73 Å². The number of halogens is 1. The molecule has 1 amide bonds. The molecule has 2 rings (SSSR count). The van der Waals surface area contributed by atoms with E-state index in [0.29, 0.717) is 5.02 Å². The van der Waals surface area contributed by atoms with Crippen LogP contribution in [0, 0.1) is 5.92 Å². The highest BCUT2D eigenvalue weighted by atomic mass is 35.5. The van der Waals surface area contributed by atoms with E-state index in [1.807, 2.05) is 37.3 Å². The van der Waals surface area contributed by atoms with Crippen LogP contribution >= 0.6 is 11.6 Å². The van der Waals surface area contributed by atoms with E-state index >= 15 is 0 Å². The molecule has 0 aliphatic carbocycles. The Bertz CT molecular complexity index is 473. The van der Waals surface area contributed by atoms with Crippen LogP contribution in [0.3, 0.4) is 0 Å². The SMILES string of the molecule is CC1CCN(C=CC(N)c2cccc(Cl)c2)C1=O. The van der Waals surface area contributed by atoms with Crippen LogP contribution in [0.1, 0.15) is 24.9 Å². The van der Waals surface area contributed by atoms with E-state index in [9.17, 15) is 4.79 Å². The smallest absolute Gasteiger partial charge is 0.229 e. The number of hydrogen-bond acceptors (Lipinski definition) is 2. The molecule has 0 spiro atoms. The molecule has 1 heterocycles. The fourth-order valence-electron chi connectivity index (χ4n) is 2.02. The van der Waals surface area contributed by atoms with Gasteiger partial charge in [0.2, 0.25) is 5.91 Å². The van der Waals surface area contributed by atoms with Crippen molar-refractivity contribution in [1.29, 1.82) is 0 Å². The summed E-state index contributed by atoms with van der Waals surface area (Å²) in [7, 11) is 0. The lowest BCUT2D eigenvalue weighted by Gasteiger charge is -2.12. The molecule has 1 fully saturated rings. The van der Waals surface area contributed by atoms with E-state index in [4.69, 9.17) is 17.3 Å². The van der Waals surface area contributed by atoms with Crippen LogP contribution in [0.15, 0.2) is 36.5 Å². The van der Waals surface area contributed by atoms with Gasteiger partial charge in [-0.2, -0.15) is 0 Å². The van der Waals surface area contributed by atoms with E-state index in [1.54, 1.807) is 11.1 Å². The highest BCUT2D eigenvalue weighted by Crippen LogP contribution is 2.20. The van der Waals surface area contributed by atoms with Crippen molar-refractivity contribution in [2.24, 2.45) is 11.7 Å². The fraction of sp³-hybridized carbons (Fsp3) is 0.357. The van der Waals surface area contributed by atoms with Gasteiger partial charge in [0.1, 0.15) is 0 Å². The number of carbonyl (C=O) groups excluding carboxylic acids is 1. The summed E-state index contributed by atoms with van der Waals surface area (Å²) in [5, 5.41) is 0.669. The van der Waals surface area contributed by atoms with Crippen molar-refractivity contribution in [3.8, 4) is 0 Å². The minimum Gasteiger partial charge on any atom is -0.321 e. The van der Waals surface area contributed by atoms with Crippen molar-refractivity contribution < 1.29 is 4.79 Å². The van der Waals surface area contributed by atoms with Crippen LogP contribution in [0.25, 0.3) is 0 Å². The summed E-state index contributed by atoms with van der Waals surface area (Å²) in [4.78, 5) is 13.5. The summed E-state index contributed by atoms with van der Waals surface area (Å²) in [5.74, 6) is 0.293. The minimum absolute atomic E-state index is 0.122. The molecule has 3 nitrogen and oxygen atoms in total. The number of nitrogens with zero attached hydrogens (tertiary/aromatic N) is 1. The number of nitrogens with two attached hydrogens (primary N) is 1. The van der Waals surface area contributed by atoms with E-state index in [-0.39, 0.29) is 17.9 Å². The van der Waals surface area contributed by atoms with Crippen LogP contribution in [-0.2, 0) is 4.79 Å². The molecule has 96 valence electrons. The molecular formula is C14H17ClN2O. The second kappa shape index (κ2) is 5.55. The summed E-state index contributed by atoms with van der Waals surface area (Å²) in [6, 6.07) is 7.20. The Morgan fingerprint density at radius 1 is 1.56 bits per heavy atom. The number of likely N-dealkylation sites (tertiary alicyclic amines) is 1. The summed E-state index contributed by atoms with van der Waals surface area (Å²) < 4.78 is 0. The number of benzene rings is 1. The molecule has 2 atom stereocenters. The molecule has 0 radical (unpaired) electrons. The van der Waals surface area contributed by atoms with Gasteiger partial charge in [-0.25, -0.2) is 0 Å². The topological polar surface area (TPSA) is 46.3 Å². The van der Waals surface area contributed by atoms with Gasteiger partial charge in [0.05, 0.1) is 0 Å². The van der Waals surface area contributed by atoms with E-state index < -0.39 is 0 Å². The summed E-state index contributed by atoms with van der Waals surface area (Å²) in [6.45, 7) is 2.73. The van der Waals surface area contributed by atoms with Crippen LogP contribution in [0.4, 0.5) is 0 Å². The Hall–Kier alpha value is -1.32. The van der Waals surface area contributed by atoms with Crippen molar-refractivity contribution in [1.82, 2.24) is 4.90 Å². The zero-order valence-electron chi connectivity index (χ0n) is 10.3. The highest BCUT2D eigenvalue weighted by Gasteiger charge is 2.25. The Balaban J connectivity index is 2.03. The van der Waals surface area contributed by atoms with Crippen LogP contribution in [0.2, 0.25) is 5.02 Å². The lowest BCUT2D eigenvalue weighted by atomic mass is 10.1. The van der Waals surface area contributed by atoms with Gasteiger partial charge in [0.25, 0.3) is 0 Å². The summed E-state index contributed by atoms with van der Waals surface area (Å²) >= 11 is 5.91. The molecule has 2 N–H and O–H groups in total. The second-order valence-corrected chi connectivity index (χ2v) is 5.08. The van der Waals surface area contributed by atoms with Gasteiger partial charge in [0.15, 0.2) is 0 Å². The maximum Gasteiger partial charge on any atom is 0.229 e. The second-order valence-electron chi connectivity index (χ2n) is 4.64. The number of hydrogen-bond donors (Lipinski definition) is 1. The molecule has 2 unspecified atom stereocenters.